The molecule has 140 valence electrons. The number of piperazine rings is 1. The number of benzene rings is 1. The molecule has 0 aliphatic carbocycles. The first-order valence-electron chi connectivity index (χ1n) is 8.35. The normalized spacial score (nSPS) is 15.8. The van der Waals surface area contributed by atoms with E-state index < -0.39 is 21.7 Å². The van der Waals surface area contributed by atoms with Crippen LogP contribution in [0.4, 0.5) is 10.8 Å². The van der Waals surface area contributed by atoms with Crippen LogP contribution in [-0.4, -0.2) is 55.5 Å². The van der Waals surface area contributed by atoms with E-state index in [4.69, 9.17) is 0 Å². The number of rotatable bonds is 5. The second-order valence-electron chi connectivity index (χ2n) is 6.32. The molecule has 2 heterocycles. The molecule has 0 unspecified atom stereocenters. The number of amides is 1. The Morgan fingerprint density at radius 1 is 1.23 bits per heavy atom. The third kappa shape index (κ3) is 4.60. The summed E-state index contributed by atoms with van der Waals surface area (Å²) in [6.07, 6.45) is 0. The van der Waals surface area contributed by atoms with Gasteiger partial charge in [-0.3, -0.25) is 4.79 Å². The van der Waals surface area contributed by atoms with Crippen molar-refractivity contribution >= 4 is 38.1 Å². The van der Waals surface area contributed by atoms with Gasteiger partial charge in [-0.05, 0) is 31.5 Å². The van der Waals surface area contributed by atoms with Crippen LogP contribution in [0.25, 0.3) is 0 Å². The average molecular weight is 395 g/mol. The van der Waals surface area contributed by atoms with Gasteiger partial charge in [0.15, 0.2) is 5.13 Å². The van der Waals surface area contributed by atoms with Crippen molar-refractivity contribution in [2.24, 2.45) is 0 Å². The highest BCUT2D eigenvalue weighted by Gasteiger charge is 2.29. The fourth-order valence-electron chi connectivity index (χ4n) is 2.87. The zero-order chi connectivity index (χ0) is 18.7. The van der Waals surface area contributed by atoms with E-state index in [2.05, 4.69) is 21.3 Å². The lowest BCUT2D eigenvalue weighted by Crippen LogP contribution is -2.50. The van der Waals surface area contributed by atoms with Crippen molar-refractivity contribution in [1.29, 1.82) is 0 Å². The molecule has 0 atom stereocenters. The number of thiazole rings is 1. The highest BCUT2D eigenvalue weighted by molar-refractivity contribution is 7.89. The van der Waals surface area contributed by atoms with Crippen molar-refractivity contribution in [3.63, 3.8) is 0 Å². The van der Waals surface area contributed by atoms with Crippen molar-refractivity contribution in [2.45, 2.75) is 13.8 Å². The van der Waals surface area contributed by atoms with Crippen LogP contribution in [0.2, 0.25) is 0 Å². The summed E-state index contributed by atoms with van der Waals surface area (Å²) in [5.74, 6) is -1.11. The van der Waals surface area contributed by atoms with Gasteiger partial charge in [0.25, 0.3) is 0 Å². The number of aromatic nitrogens is 1. The minimum atomic E-state index is -3.64. The molecule has 1 amide bonds. The lowest BCUT2D eigenvalue weighted by molar-refractivity contribution is -0.113. The van der Waals surface area contributed by atoms with Gasteiger partial charge in [0.1, 0.15) is 5.75 Å². The predicted molar refractivity (Wildman–Crippen MR) is 104 cm³/mol. The zero-order valence-corrected chi connectivity index (χ0v) is 16.4. The van der Waals surface area contributed by atoms with Gasteiger partial charge >= 0.3 is 0 Å². The second kappa shape index (κ2) is 7.73. The van der Waals surface area contributed by atoms with Gasteiger partial charge in [0.05, 0.1) is 5.69 Å². The quantitative estimate of drug-likeness (QED) is 0.837. The Bertz CT molecular complexity index is 887. The van der Waals surface area contributed by atoms with Gasteiger partial charge in [-0.2, -0.15) is 4.31 Å². The summed E-state index contributed by atoms with van der Waals surface area (Å²) in [5.41, 5.74) is 3.06. The van der Waals surface area contributed by atoms with E-state index in [1.165, 1.54) is 21.2 Å². The smallest absolute Gasteiger partial charge is 0.242 e. The molecular formula is C17H22N4O3S2. The van der Waals surface area contributed by atoms with E-state index in [9.17, 15) is 13.2 Å². The van der Waals surface area contributed by atoms with Gasteiger partial charge in [-0.1, -0.05) is 12.1 Å². The summed E-state index contributed by atoms with van der Waals surface area (Å²) in [4.78, 5) is 18.3. The Hall–Kier alpha value is -1.97. The Kier molecular flexibility index (Phi) is 5.59. The lowest BCUT2D eigenvalue weighted by atomic mass is 10.2. The van der Waals surface area contributed by atoms with Crippen molar-refractivity contribution in [3.05, 3.63) is 40.9 Å². The van der Waals surface area contributed by atoms with E-state index in [-0.39, 0.29) is 0 Å². The summed E-state index contributed by atoms with van der Waals surface area (Å²) in [7, 11) is -3.64. The SMILES string of the molecule is Cc1cccc(N2CCN(S(=O)(=O)CC(=O)Nc3nc(C)cs3)CC2)c1. The summed E-state index contributed by atoms with van der Waals surface area (Å²) in [6, 6.07) is 8.15. The second-order valence-corrected chi connectivity index (χ2v) is 9.15. The van der Waals surface area contributed by atoms with Gasteiger partial charge in [0, 0.05) is 37.2 Å². The first kappa shape index (κ1) is 18.8. The van der Waals surface area contributed by atoms with Crippen LogP contribution >= 0.6 is 11.3 Å². The molecule has 1 aromatic heterocycles. The fraction of sp³-hybridized carbons (Fsp3) is 0.412. The van der Waals surface area contributed by atoms with Crippen molar-refractivity contribution < 1.29 is 13.2 Å². The first-order chi connectivity index (χ1) is 12.3. The molecule has 0 saturated carbocycles. The summed E-state index contributed by atoms with van der Waals surface area (Å²) in [6.45, 7) is 5.81. The predicted octanol–water partition coefficient (Wildman–Crippen LogP) is 1.85. The van der Waals surface area contributed by atoms with Crippen LogP contribution in [0.1, 0.15) is 11.3 Å². The maximum atomic E-state index is 12.5. The topological polar surface area (TPSA) is 82.6 Å². The van der Waals surface area contributed by atoms with E-state index >= 15 is 0 Å². The van der Waals surface area contributed by atoms with Crippen LogP contribution in [0.5, 0.6) is 0 Å². The highest BCUT2D eigenvalue weighted by Crippen LogP contribution is 2.19. The summed E-state index contributed by atoms with van der Waals surface area (Å²) >= 11 is 1.28. The molecule has 1 N–H and O–H groups in total. The summed E-state index contributed by atoms with van der Waals surface area (Å²) in [5, 5.41) is 4.77. The van der Waals surface area contributed by atoms with Crippen LogP contribution in [-0.2, 0) is 14.8 Å². The van der Waals surface area contributed by atoms with Crippen LogP contribution in [0, 0.1) is 13.8 Å². The van der Waals surface area contributed by atoms with E-state index in [1.807, 2.05) is 32.0 Å². The Morgan fingerprint density at radius 2 is 1.96 bits per heavy atom. The van der Waals surface area contributed by atoms with Crippen LogP contribution < -0.4 is 10.2 Å². The van der Waals surface area contributed by atoms with Gasteiger partial charge < -0.3 is 10.2 Å². The Balaban J connectivity index is 1.56. The van der Waals surface area contributed by atoms with Gasteiger partial charge in [-0.25, -0.2) is 13.4 Å². The highest BCUT2D eigenvalue weighted by atomic mass is 32.2. The Labute approximate surface area is 157 Å². The largest absolute Gasteiger partial charge is 0.369 e. The molecule has 3 rings (SSSR count). The number of sulfonamides is 1. The monoisotopic (exact) mass is 394 g/mol. The van der Waals surface area contributed by atoms with Gasteiger partial charge in [0.2, 0.25) is 15.9 Å². The number of nitrogens with zero attached hydrogens (tertiary/aromatic N) is 3. The Morgan fingerprint density at radius 3 is 2.58 bits per heavy atom. The maximum absolute atomic E-state index is 12.5. The first-order valence-corrected chi connectivity index (χ1v) is 10.8. The number of anilines is 2. The standard InChI is InChI=1S/C17H22N4O3S2/c1-13-4-3-5-15(10-13)20-6-8-21(9-7-20)26(23,24)12-16(22)19-17-18-14(2)11-25-17/h3-5,10-11H,6-9,12H2,1-2H3,(H,18,19,22). The van der Waals surface area contributed by atoms with E-state index in [0.29, 0.717) is 31.3 Å². The molecular weight excluding hydrogens is 372 g/mol. The third-order valence-electron chi connectivity index (χ3n) is 4.18. The molecule has 0 radical (unpaired) electrons. The molecule has 0 bridgehead atoms. The molecule has 0 spiro atoms. The maximum Gasteiger partial charge on any atom is 0.242 e. The zero-order valence-electron chi connectivity index (χ0n) is 14.8. The van der Waals surface area contributed by atoms with Crippen LogP contribution in [0.15, 0.2) is 29.6 Å². The molecule has 1 aliphatic rings. The molecule has 26 heavy (non-hydrogen) atoms. The molecule has 1 aromatic carbocycles. The third-order valence-corrected chi connectivity index (χ3v) is 6.83. The van der Waals surface area contributed by atoms with E-state index in [0.717, 1.165) is 11.4 Å². The number of carbonyl (C=O) groups excluding carboxylic acids is 1. The van der Waals surface area contributed by atoms with Crippen molar-refractivity contribution in [2.75, 3.05) is 42.1 Å². The number of carbonyl (C=O) groups is 1. The van der Waals surface area contributed by atoms with Crippen molar-refractivity contribution in [3.8, 4) is 0 Å². The number of aryl methyl sites for hydroxylation is 2. The summed E-state index contributed by atoms with van der Waals surface area (Å²) < 4.78 is 26.4. The molecule has 1 saturated heterocycles. The molecule has 9 heteroatoms. The lowest BCUT2D eigenvalue weighted by Gasteiger charge is -2.35. The average Bonchev–Trinajstić information content (AvgIpc) is 2.99. The number of hydrogen-bond acceptors (Lipinski definition) is 6. The van der Waals surface area contributed by atoms with Crippen molar-refractivity contribution in [1.82, 2.24) is 9.29 Å². The molecule has 7 nitrogen and oxygen atoms in total. The number of nitrogens with one attached hydrogen (secondary N) is 1. The molecule has 2 aromatic rings. The fourth-order valence-corrected chi connectivity index (χ4v) is 4.88. The van der Waals surface area contributed by atoms with E-state index in [1.54, 1.807) is 5.38 Å². The van der Waals surface area contributed by atoms with Gasteiger partial charge in [-0.15, -0.1) is 11.3 Å². The van der Waals surface area contributed by atoms with Crippen LogP contribution in [0.3, 0.4) is 0 Å². The molecule has 1 fully saturated rings. The minimum Gasteiger partial charge on any atom is -0.369 e. The molecule has 1 aliphatic heterocycles. The number of hydrogen-bond donors (Lipinski definition) is 1. The minimum absolute atomic E-state index is 0.375.